The van der Waals surface area contributed by atoms with Crippen molar-refractivity contribution in [2.24, 2.45) is 11.5 Å². The van der Waals surface area contributed by atoms with E-state index in [1.54, 1.807) is 24.3 Å². The lowest BCUT2D eigenvalue weighted by atomic mass is 10.1. The van der Waals surface area contributed by atoms with Gasteiger partial charge in [0.2, 0.25) is 0 Å². The van der Waals surface area contributed by atoms with E-state index in [0.717, 1.165) is 0 Å². The van der Waals surface area contributed by atoms with E-state index in [4.69, 9.17) is 31.5 Å². The lowest BCUT2D eigenvalue weighted by Crippen LogP contribution is -2.34. The van der Waals surface area contributed by atoms with Gasteiger partial charge in [-0.1, -0.05) is 30.3 Å². The topological polar surface area (TPSA) is 193 Å². The molecule has 1 aromatic carbocycles. The van der Waals surface area contributed by atoms with Crippen LogP contribution in [0.3, 0.4) is 0 Å². The Labute approximate surface area is 125 Å². The van der Waals surface area contributed by atoms with Crippen LogP contribution in [0.25, 0.3) is 0 Å². The lowest BCUT2D eigenvalue weighted by Gasteiger charge is -2.07. The molecule has 1 rings (SSSR count). The third kappa shape index (κ3) is 9.19. The Morgan fingerprint density at radius 2 is 1.59 bits per heavy atom. The lowest BCUT2D eigenvalue weighted by molar-refractivity contribution is -0.140. The maximum absolute atomic E-state index is 10.4. The van der Waals surface area contributed by atoms with Crippen LogP contribution in [0.1, 0.15) is 11.6 Å². The number of aliphatic carboxylic acids is 2. The van der Waals surface area contributed by atoms with Crippen molar-refractivity contribution in [1.29, 1.82) is 0 Å². The highest BCUT2D eigenvalue weighted by atomic mass is 31.2. The summed E-state index contributed by atoms with van der Waals surface area (Å²) in [4.78, 5) is 36.5. The number of hydrogen-bond acceptors (Lipinski definition) is 6. The molecule has 0 saturated heterocycles. The fourth-order valence-electron chi connectivity index (χ4n) is 1.05. The van der Waals surface area contributed by atoms with Gasteiger partial charge in [-0.15, -0.1) is 0 Å². The van der Waals surface area contributed by atoms with Crippen molar-refractivity contribution in [3.05, 3.63) is 35.9 Å². The summed E-state index contributed by atoms with van der Waals surface area (Å²) in [7, 11) is -4.60. The summed E-state index contributed by atoms with van der Waals surface area (Å²) in [5, 5.41) is 16.6. The molecular formula is C11H17N2O8P. The number of carbonyl (C=O) groups is 2. The van der Waals surface area contributed by atoms with Crippen molar-refractivity contribution < 1.29 is 38.7 Å². The van der Waals surface area contributed by atoms with Crippen molar-refractivity contribution >= 4 is 19.8 Å². The first-order valence-electron chi connectivity index (χ1n) is 5.76. The first-order valence-corrected chi connectivity index (χ1v) is 7.29. The molecule has 2 atom stereocenters. The smallest absolute Gasteiger partial charge is 0.469 e. The molecule has 10 nitrogen and oxygen atoms in total. The van der Waals surface area contributed by atoms with Gasteiger partial charge in [0.15, 0.2) is 0 Å². The molecule has 11 heteroatoms. The predicted octanol–water partition coefficient (Wildman–Crippen LogP) is -0.721. The van der Waals surface area contributed by atoms with Crippen molar-refractivity contribution in [2.75, 3.05) is 6.61 Å². The highest BCUT2D eigenvalue weighted by molar-refractivity contribution is 7.46. The molecule has 0 bridgehead atoms. The second-order valence-electron chi connectivity index (χ2n) is 3.96. The summed E-state index contributed by atoms with van der Waals surface area (Å²) < 4.78 is 13.8. The van der Waals surface area contributed by atoms with Gasteiger partial charge >= 0.3 is 19.8 Å². The largest absolute Gasteiger partial charge is 0.480 e. The molecule has 0 heterocycles. The summed E-state index contributed by atoms with van der Waals surface area (Å²) >= 11 is 0. The number of nitrogens with two attached hydrogens (primary N) is 2. The van der Waals surface area contributed by atoms with Crippen LogP contribution in [0.2, 0.25) is 0 Å². The Balaban J connectivity index is 0.000000401. The zero-order valence-electron chi connectivity index (χ0n) is 11.3. The van der Waals surface area contributed by atoms with Gasteiger partial charge in [-0.3, -0.25) is 14.1 Å². The van der Waals surface area contributed by atoms with Crippen LogP contribution in [0, 0.1) is 0 Å². The van der Waals surface area contributed by atoms with Crippen molar-refractivity contribution in [2.45, 2.75) is 12.1 Å². The van der Waals surface area contributed by atoms with Crippen molar-refractivity contribution in [3.63, 3.8) is 0 Å². The molecular weight excluding hydrogens is 319 g/mol. The molecule has 22 heavy (non-hydrogen) atoms. The summed E-state index contributed by atoms with van der Waals surface area (Å²) in [5.74, 6) is -2.38. The molecule has 0 spiro atoms. The van der Waals surface area contributed by atoms with Crippen LogP contribution in [0.4, 0.5) is 0 Å². The summed E-state index contributed by atoms with van der Waals surface area (Å²) in [6.07, 6.45) is 0. The molecule has 0 aliphatic rings. The van der Waals surface area contributed by atoms with Gasteiger partial charge in [0.1, 0.15) is 12.1 Å². The van der Waals surface area contributed by atoms with Gasteiger partial charge in [0, 0.05) is 0 Å². The molecule has 0 radical (unpaired) electrons. The van der Waals surface area contributed by atoms with Gasteiger partial charge in [0.05, 0.1) is 6.61 Å². The molecule has 8 N–H and O–H groups in total. The fourth-order valence-corrected chi connectivity index (χ4v) is 1.41. The van der Waals surface area contributed by atoms with Crippen LogP contribution in [-0.2, 0) is 18.7 Å². The van der Waals surface area contributed by atoms with E-state index in [-0.39, 0.29) is 0 Å². The Bertz CT molecular complexity index is 532. The van der Waals surface area contributed by atoms with Gasteiger partial charge < -0.3 is 31.5 Å². The zero-order chi connectivity index (χ0) is 17.3. The molecule has 0 amide bonds. The Hall–Kier alpha value is -1.81. The van der Waals surface area contributed by atoms with Crippen LogP contribution in [-0.4, -0.2) is 44.6 Å². The van der Waals surface area contributed by atoms with Crippen LogP contribution in [0.15, 0.2) is 30.3 Å². The number of carboxylic acids is 2. The average Bonchev–Trinajstić information content (AvgIpc) is 2.44. The minimum absolute atomic E-state index is 0.625. The van der Waals surface area contributed by atoms with Gasteiger partial charge in [-0.25, -0.2) is 4.57 Å². The standard InChI is InChI=1S/C8H9NO2.C3H8NO6P/c9-7(8(10)11)6-4-2-1-3-5-6;4-2(3(5)6)1-10-11(7,8)9/h1-5,7H,9H2,(H,10,11);2H,1,4H2,(H,5,6)(H2,7,8,9)/t;2-/m.0/s1. The molecule has 1 aromatic rings. The van der Waals surface area contributed by atoms with E-state index < -0.39 is 38.5 Å². The molecule has 124 valence electrons. The molecule has 0 fully saturated rings. The van der Waals surface area contributed by atoms with Gasteiger partial charge in [0.25, 0.3) is 0 Å². The van der Waals surface area contributed by atoms with Crippen LogP contribution in [0.5, 0.6) is 0 Å². The number of benzene rings is 1. The monoisotopic (exact) mass is 336 g/mol. The van der Waals surface area contributed by atoms with E-state index in [2.05, 4.69) is 4.52 Å². The van der Waals surface area contributed by atoms with Crippen LogP contribution < -0.4 is 11.5 Å². The van der Waals surface area contributed by atoms with Crippen molar-refractivity contribution in [1.82, 2.24) is 0 Å². The molecule has 0 saturated carbocycles. The van der Waals surface area contributed by atoms with Gasteiger partial charge in [-0.05, 0) is 5.56 Å². The van der Waals surface area contributed by atoms with E-state index in [9.17, 15) is 14.2 Å². The van der Waals surface area contributed by atoms with Gasteiger partial charge in [-0.2, -0.15) is 0 Å². The second-order valence-corrected chi connectivity index (χ2v) is 5.20. The summed E-state index contributed by atoms with van der Waals surface area (Å²) in [5.41, 5.74) is 10.8. The first-order chi connectivity index (χ1) is 10.0. The number of phosphoric ester groups is 1. The third-order valence-corrected chi connectivity index (χ3v) is 2.65. The highest BCUT2D eigenvalue weighted by Crippen LogP contribution is 2.35. The third-order valence-electron chi connectivity index (χ3n) is 2.16. The maximum Gasteiger partial charge on any atom is 0.469 e. The first kappa shape index (κ1) is 20.2. The summed E-state index contributed by atoms with van der Waals surface area (Å²) in [6.45, 7) is -0.709. The number of carboxylic acid groups (broad SMARTS) is 2. The Morgan fingerprint density at radius 1 is 1.09 bits per heavy atom. The second kappa shape index (κ2) is 9.26. The normalized spacial score (nSPS) is 13.5. The Kier molecular flexibility index (Phi) is 8.50. The van der Waals surface area contributed by atoms with E-state index in [1.165, 1.54) is 0 Å². The fraction of sp³-hybridized carbons (Fsp3) is 0.273. The minimum Gasteiger partial charge on any atom is -0.480 e. The molecule has 1 unspecified atom stereocenters. The molecule has 0 aliphatic heterocycles. The number of rotatable bonds is 6. The average molecular weight is 336 g/mol. The van der Waals surface area contributed by atoms with Crippen molar-refractivity contribution in [3.8, 4) is 0 Å². The maximum atomic E-state index is 10.4. The molecule has 0 aliphatic carbocycles. The van der Waals surface area contributed by atoms with E-state index >= 15 is 0 Å². The van der Waals surface area contributed by atoms with E-state index in [0.29, 0.717) is 5.56 Å². The zero-order valence-corrected chi connectivity index (χ0v) is 12.2. The Morgan fingerprint density at radius 3 is 1.95 bits per heavy atom. The highest BCUT2D eigenvalue weighted by Gasteiger charge is 2.19. The summed E-state index contributed by atoms with van der Waals surface area (Å²) in [6, 6.07) is 6.41. The quantitative estimate of drug-likeness (QED) is 0.361. The van der Waals surface area contributed by atoms with E-state index in [1.807, 2.05) is 6.07 Å². The predicted molar refractivity (Wildman–Crippen MR) is 74.6 cm³/mol. The molecule has 0 aromatic heterocycles. The SMILES string of the molecule is NC(C(=O)O)c1ccccc1.N[C@@H](COP(=O)(O)O)C(=O)O. The minimum atomic E-state index is -4.60. The van der Waals surface area contributed by atoms with Crippen LogP contribution >= 0.6 is 7.82 Å². The number of hydrogen-bond donors (Lipinski definition) is 6. The number of phosphoric acid groups is 1.